The number of rotatable bonds is 4. The summed E-state index contributed by atoms with van der Waals surface area (Å²) >= 11 is 0. The first kappa shape index (κ1) is 15.4. The number of hydrogen-bond acceptors (Lipinski definition) is 1. The normalized spacial score (nSPS) is 23.8. The minimum Gasteiger partial charge on any atom is -0.298 e. The van der Waals surface area contributed by atoms with Crippen molar-refractivity contribution in [1.29, 1.82) is 0 Å². The highest BCUT2D eigenvalue weighted by atomic mass is 16.1. The van der Waals surface area contributed by atoms with Crippen molar-refractivity contribution in [2.75, 3.05) is 0 Å². The van der Waals surface area contributed by atoms with Crippen LogP contribution in [0.2, 0.25) is 0 Å². The molecule has 0 radical (unpaired) electrons. The molecule has 0 atom stereocenters. The molecule has 3 aliphatic rings. The molecule has 124 valence electrons. The van der Waals surface area contributed by atoms with Gasteiger partial charge in [0, 0.05) is 5.56 Å². The fraction of sp³-hybridized carbons (Fsp3) is 0.682. The van der Waals surface area contributed by atoms with Gasteiger partial charge in [0.25, 0.3) is 0 Å². The number of carbonyl (C=O) groups is 1. The van der Waals surface area contributed by atoms with Crippen LogP contribution < -0.4 is 0 Å². The van der Waals surface area contributed by atoms with Crippen LogP contribution in [0.3, 0.4) is 0 Å². The van der Waals surface area contributed by atoms with E-state index in [1.54, 1.807) is 11.1 Å². The van der Waals surface area contributed by atoms with Gasteiger partial charge in [-0.3, -0.25) is 4.79 Å². The van der Waals surface area contributed by atoms with Crippen molar-refractivity contribution in [3.05, 3.63) is 34.4 Å². The Bertz CT molecular complexity index is 556. The first-order valence-electron chi connectivity index (χ1n) is 10.0. The van der Waals surface area contributed by atoms with Crippen LogP contribution in [0, 0.1) is 0 Å². The van der Waals surface area contributed by atoms with E-state index in [2.05, 4.69) is 12.1 Å². The van der Waals surface area contributed by atoms with E-state index >= 15 is 0 Å². The minimum absolute atomic E-state index is 0.659. The first-order valence-corrected chi connectivity index (χ1v) is 10.0. The van der Waals surface area contributed by atoms with E-state index in [1.165, 1.54) is 82.6 Å². The van der Waals surface area contributed by atoms with Crippen LogP contribution in [-0.2, 0) is 0 Å². The van der Waals surface area contributed by atoms with Crippen LogP contribution in [0.1, 0.15) is 122 Å². The van der Waals surface area contributed by atoms with E-state index < -0.39 is 0 Å². The van der Waals surface area contributed by atoms with Crippen LogP contribution in [0.15, 0.2) is 12.1 Å². The Morgan fingerprint density at radius 1 is 0.652 bits per heavy atom. The van der Waals surface area contributed by atoms with Crippen molar-refractivity contribution >= 4 is 6.29 Å². The van der Waals surface area contributed by atoms with E-state index in [9.17, 15) is 4.79 Å². The highest BCUT2D eigenvalue weighted by molar-refractivity contribution is 5.79. The van der Waals surface area contributed by atoms with E-state index in [4.69, 9.17) is 0 Å². The average molecular weight is 310 g/mol. The molecule has 0 aromatic heterocycles. The second-order valence-electron chi connectivity index (χ2n) is 8.13. The number of hydrogen-bond donors (Lipinski definition) is 0. The predicted octanol–water partition coefficient (Wildman–Crippen LogP) is 6.47. The van der Waals surface area contributed by atoms with Gasteiger partial charge in [-0.05, 0) is 73.0 Å². The summed E-state index contributed by atoms with van der Waals surface area (Å²) in [5, 5.41) is 0. The number of carbonyl (C=O) groups excluding carboxylic acids is 1. The van der Waals surface area contributed by atoms with Gasteiger partial charge in [-0.2, -0.15) is 0 Å². The minimum atomic E-state index is 0.659. The summed E-state index contributed by atoms with van der Waals surface area (Å²) in [5.41, 5.74) is 5.81. The Balaban J connectivity index is 1.85. The fourth-order valence-electron chi connectivity index (χ4n) is 5.71. The highest BCUT2D eigenvalue weighted by Gasteiger charge is 2.32. The lowest BCUT2D eigenvalue weighted by Crippen LogP contribution is -2.12. The Morgan fingerprint density at radius 3 is 1.65 bits per heavy atom. The van der Waals surface area contributed by atoms with E-state index in [1.807, 2.05) is 0 Å². The molecule has 1 aromatic rings. The van der Waals surface area contributed by atoms with Crippen molar-refractivity contribution in [2.45, 2.75) is 94.8 Å². The average Bonchev–Trinajstić information content (AvgIpc) is 3.36. The van der Waals surface area contributed by atoms with Gasteiger partial charge in [0.2, 0.25) is 0 Å². The van der Waals surface area contributed by atoms with E-state index in [0.29, 0.717) is 5.92 Å². The zero-order valence-corrected chi connectivity index (χ0v) is 14.4. The summed E-state index contributed by atoms with van der Waals surface area (Å²) < 4.78 is 0. The van der Waals surface area contributed by atoms with Crippen molar-refractivity contribution in [3.8, 4) is 0 Å². The van der Waals surface area contributed by atoms with Crippen LogP contribution >= 0.6 is 0 Å². The van der Waals surface area contributed by atoms with Gasteiger partial charge in [-0.25, -0.2) is 0 Å². The number of benzene rings is 1. The monoisotopic (exact) mass is 310 g/mol. The van der Waals surface area contributed by atoms with Gasteiger partial charge in [0.1, 0.15) is 6.29 Å². The Labute approximate surface area is 140 Å². The van der Waals surface area contributed by atoms with Crippen LogP contribution in [0.5, 0.6) is 0 Å². The predicted molar refractivity (Wildman–Crippen MR) is 95.5 cm³/mol. The number of aldehydes is 1. The van der Waals surface area contributed by atoms with E-state index in [0.717, 1.165) is 23.7 Å². The fourth-order valence-corrected chi connectivity index (χ4v) is 5.71. The van der Waals surface area contributed by atoms with Crippen LogP contribution in [0.25, 0.3) is 0 Å². The molecule has 0 bridgehead atoms. The topological polar surface area (TPSA) is 17.1 Å². The van der Waals surface area contributed by atoms with Gasteiger partial charge < -0.3 is 0 Å². The van der Waals surface area contributed by atoms with Gasteiger partial charge >= 0.3 is 0 Å². The summed E-state index contributed by atoms with van der Waals surface area (Å²) in [4.78, 5) is 11.8. The highest BCUT2D eigenvalue weighted by Crippen LogP contribution is 2.48. The molecule has 3 aliphatic carbocycles. The van der Waals surface area contributed by atoms with E-state index in [-0.39, 0.29) is 0 Å². The molecule has 0 unspecified atom stereocenters. The van der Waals surface area contributed by atoms with Gasteiger partial charge in [0.15, 0.2) is 0 Å². The molecule has 0 saturated heterocycles. The molecule has 1 aromatic carbocycles. The Morgan fingerprint density at radius 2 is 1.13 bits per heavy atom. The third-order valence-electron chi connectivity index (χ3n) is 6.80. The third kappa shape index (κ3) is 2.88. The third-order valence-corrected chi connectivity index (χ3v) is 6.80. The summed E-state index contributed by atoms with van der Waals surface area (Å²) in [5.74, 6) is 2.17. The molecule has 0 heterocycles. The molecule has 0 amide bonds. The van der Waals surface area contributed by atoms with Crippen molar-refractivity contribution in [2.24, 2.45) is 0 Å². The largest absolute Gasteiger partial charge is 0.298 e. The molecule has 3 fully saturated rings. The zero-order valence-electron chi connectivity index (χ0n) is 14.4. The zero-order chi connectivity index (χ0) is 15.6. The van der Waals surface area contributed by atoms with Crippen molar-refractivity contribution < 1.29 is 4.79 Å². The van der Waals surface area contributed by atoms with Crippen LogP contribution in [0.4, 0.5) is 0 Å². The molecule has 23 heavy (non-hydrogen) atoms. The lowest BCUT2D eigenvalue weighted by molar-refractivity contribution is 0.112. The molecule has 1 heteroatoms. The summed E-state index contributed by atoms with van der Waals surface area (Å²) in [6.07, 6.45) is 17.4. The van der Waals surface area contributed by atoms with Gasteiger partial charge in [0.05, 0.1) is 0 Å². The summed E-state index contributed by atoms with van der Waals surface area (Å²) in [6.45, 7) is 0. The molecule has 0 aliphatic heterocycles. The van der Waals surface area contributed by atoms with Crippen LogP contribution in [-0.4, -0.2) is 6.29 Å². The maximum absolute atomic E-state index is 11.8. The quantitative estimate of drug-likeness (QED) is 0.582. The molecule has 4 rings (SSSR count). The summed E-state index contributed by atoms with van der Waals surface area (Å²) in [7, 11) is 0. The lowest BCUT2D eigenvalue weighted by atomic mass is 9.77. The molecule has 3 saturated carbocycles. The standard InChI is InChI=1S/C22H30O/c23-15-19-13-14-20(16-7-1-2-8-16)22(18-11-5-6-12-18)21(19)17-9-3-4-10-17/h13-18H,1-12H2. The molecule has 0 spiro atoms. The first-order chi connectivity index (χ1) is 11.4. The van der Waals surface area contributed by atoms with Gasteiger partial charge in [-0.15, -0.1) is 0 Å². The molecular formula is C22H30O. The smallest absolute Gasteiger partial charge is 0.150 e. The lowest BCUT2D eigenvalue weighted by Gasteiger charge is -2.27. The Kier molecular flexibility index (Phi) is 4.55. The SMILES string of the molecule is O=Cc1ccc(C2CCCC2)c(C2CCCC2)c1C1CCCC1. The second kappa shape index (κ2) is 6.79. The molecule has 0 N–H and O–H groups in total. The van der Waals surface area contributed by atoms with Crippen molar-refractivity contribution in [3.63, 3.8) is 0 Å². The summed E-state index contributed by atoms with van der Waals surface area (Å²) in [6, 6.07) is 4.50. The maximum Gasteiger partial charge on any atom is 0.150 e. The Hall–Kier alpha value is -1.11. The molecular weight excluding hydrogens is 280 g/mol. The molecule has 1 nitrogen and oxygen atoms in total. The maximum atomic E-state index is 11.8. The van der Waals surface area contributed by atoms with Crippen molar-refractivity contribution in [1.82, 2.24) is 0 Å². The van der Waals surface area contributed by atoms with Gasteiger partial charge in [-0.1, -0.05) is 50.7 Å². The second-order valence-corrected chi connectivity index (χ2v) is 8.13.